The van der Waals surface area contributed by atoms with E-state index in [0.717, 1.165) is 0 Å². The second-order valence-electron chi connectivity index (χ2n) is 5.98. The smallest absolute Gasteiger partial charge is 0.194 e. The number of halogens is 2. The molecule has 0 aliphatic heterocycles. The normalized spacial score (nSPS) is 12.1. The van der Waals surface area contributed by atoms with Crippen LogP contribution in [0.15, 0.2) is 58.1 Å². The summed E-state index contributed by atoms with van der Waals surface area (Å²) < 4.78 is 26.9. The third kappa shape index (κ3) is 1.52. The third-order valence-electron chi connectivity index (χ3n) is 4.68. The first kappa shape index (κ1) is 13.3. The molecule has 0 N–H and O–H groups in total. The number of hydrogen-bond acceptors (Lipinski definition) is 2. The minimum Gasteiger partial charge on any atom is -0.289 e. The van der Waals surface area contributed by atoms with E-state index in [9.17, 15) is 18.4 Å². The van der Waals surface area contributed by atoms with Gasteiger partial charge in [0.15, 0.2) is 10.9 Å². The highest BCUT2D eigenvalue weighted by molar-refractivity contribution is 6.21. The molecule has 4 heteroatoms. The highest BCUT2D eigenvalue weighted by atomic mass is 19.1. The van der Waals surface area contributed by atoms with Crippen molar-refractivity contribution in [3.05, 3.63) is 80.6 Å². The number of fused-ring (bicyclic) bond motifs is 6. The van der Waals surface area contributed by atoms with Gasteiger partial charge in [-0.3, -0.25) is 9.59 Å². The van der Waals surface area contributed by atoms with Gasteiger partial charge in [0.1, 0.15) is 11.6 Å². The SMILES string of the molecule is O=c1c2cc(F)ccc2c2cc3c(cc12)c(=O)c1cc(F)ccc13. The molecule has 114 valence electrons. The number of benzene rings is 3. The van der Waals surface area contributed by atoms with Gasteiger partial charge in [-0.05, 0) is 57.9 Å². The van der Waals surface area contributed by atoms with Gasteiger partial charge >= 0.3 is 0 Å². The van der Waals surface area contributed by atoms with Gasteiger partial charge < -0.3 is 0 Å². The quantitative estimate of drug-likeness (QED) is 0.429. The Labute approximate surface area is 133 Å². The zero-order valence-electron chi connectivity index (χ0n) is 12.2. The lowest BCUT2D eigenvalue weighted by atomic mass is 10.1. The summed E-state index contributed by atoms with van der Waals surface area (Å²) in [7, 11) is 0. The molecule has 5 rings (SSSR count). The van der Waals surface area contributed by atoms with E-state index in [0.29, 0.717) is 43.1 Å². The van der Waals surface area contributed by atoms with Crippen molar-refractivity contribution in [2.75, 3.05) is 0 Å². The topological polar surface area (TPSA) is 34.1 Å². The molecule has 0 bridgehead atoms. The van der Waals surface area contributed by atoms with Gasteiger partial charge in [0.2, 0.25) is 0 Å². The number of rotatable bonds is 0. The van der Waals surface area contributed by atoms with Gasteiger partial charge in [-0.2, -0.15) is 0 Å². The molecule has 0 fully saturated rings. The molecule has 5 aromatic rings. The summed E-state index contributed by atoms with van der Waals surface area (Å²) in [4.78, 5) is 25.1. The van der Waals surface area contributed by atoms with E-state index in [1.165, 1.54) is 24.3 Å². The molecule has 0 heterocycles. The highest BCUT2D eigenvalue weighted by Crippen LogP contribution is 2.32. The molecule has 0 unspecified atom stereocenters. The van der Waals surface area contributed by atoms with Crippen LogP contribution >= 0.6 is 0 Å². The Balaban J connectivity index is 2.09. The second-order valence-corrected chi connectivity index (χ2v) is 5.98. The van der Waals surface area contributed by atoms with Crippen LogP contribution in [0.5, 0.6) is 0 Å². The van der Waals surface area contributed by atoms with E-state index in [1.54, 1.807) is 24.3 Å². The van der Waals surface area contributed by atoms with Crippen molar-refractivity contribution in [3.63, 3.8) is 0 Å². The van der Waals surface area contributed by atoms with E-state index in [1.807, 2.05) is 0 Å². The molecule has 0 saturated carbocycles. The summed E-state index contributed by atoms with van der Waals surface area (Å²) in [5.41, 5.74) is -0.588. The van der Waals surface area contributed by atoms with E-state index < -0.39 is 11.6 Å². The van der Waals surface area contributed by atoms with Crippen LogP contribution < -0.4 is 10.9 Å². The summed E-state index contributed by atoms with van der Waals surface area (Å²) in [5.74, 6) is -0.946. The molecule has 24 heavy (non-hydrogen) atoms. The van der Waals surface area contributed by atoms with Crippen LogP contribution in [-0.2, 0) is 0 Å². The summed E-state index contributed by atoms with van der Waals surface area (Å²) in [5, 5.41) is 4.05. The third-order valence-corrected chi connectivity index (χ3v) is 4.68. The fourth-order valence-electron chi connectivity index (χ4n) is 3.59. The Morgan fingerprint density at radius 1 is 0.458 bits per heavy atom. The summed E-state index contributed by atoms with van der Waals surface area (Å²) >= 11 is 0. The Morgan fingerprint density at radius 3 is 1.29 bits per heavy atom. The predicted molar refractivity (Wildman–Crippen MR) is 91.3 cm³/mol. The van der Waals surface area contributed by atoms with Crippen molar-refractivity contribution in [2.45, 2.75) is 0 Å². The number of hydrogen-bond donors (Lipinski definition) is 0. The van der Waals surface area contributed by atoms with Gasteiger partial charge in [-0.25, -0.2) is 8.78 Å². The average molecular weight is 318 g/mol. The van der Waals surface area contributed by atoms with Crippen molar-refractivity contribution in [3.8, 4) is 0 Å². The van der Waals surface area contributed by atoms with Crippen molar-refractivity contribution >= 4 is 43.1 Å². The maximum absolute atomic E-state index is 13.4. The van der Waals surface area contributed by atoms with Gasteiger partial charge in [0.25, 0.3) is 0 Å². The van der Waals surface area contributed by atoms with Crippen molar-refractivity contribution in [1.82, 2.24) is 0 Å². The first-order valence-electron chi connectivity index (χ1n) is 7.42. The standard InChI is InChI=1S/C20H8F2O2/c21-9-1-3-11-13-7-14-12-4-2-10(22)6-16(12)20(24)18(14)8-17(13)19(23)15(11)5-9/h1-8H. The van der Waals surface area contributed by atoms with Crippen LogP contribution in [0.1, 0.15) is 0 Å². The minimum atomic E-state index is -0.473. The summed E-state index contributed by atoms with van der Waals surface area (Å²) in [6.07, 6.45) is 0. The average Bonchev–Trinajstić information content (AvgIpc) is 2.99. The van der Waals surface area contributed by atoms with Gasteiger partial charge in [-0.1, -0.05) is 12.1 Å². The Morgan fingerprint density at radius 2 is 0.833 bits per heavy atom. The summed E-state index contributed by atoms with van der Waals surface area (Å²) in [6, 6.07) is 11.5. The van der Waals surface area contributed by atoms with Gasteiger partial charge in [0, 0.05) is 21.5 Å². The molecule has 0 aliphatic carbocycles. The molecular formula is C20H8F2O2. The van der Waals surface area contributed by atoms with Crippen LogP contribution in [0.4, 0.5) is 8.78 Å². The molecule has 2 nitrogen and oxygen atoms in total. The van der Waals surface area contributed by atoms with E-state index in [4.69, 9.17) is 0 Å². The van der Waals surface area contributed by atoms with Crippen molar-refractivity contribution in [1.29, 1.82) is 0 Å². The Bertz CT molecular complexity index is 1300. The zero-order valence-corrected chi connectivity index (χ0v) is 12.2. The van der Waals surface area contributed by atoms with Crippen LogP contribution in [-0.4, -0.2) is 0 Å². The summed E-state index contributed by atoms with van der Waals surface area (Å²) in [6.45, 7) is 0. The first-order valence-corrected chi connectivity index (χ1v) is 7.42. The fourth-order valence-corrected chi connectivity index (χ4v) is 3.59. The molecule has 0 aromatic heterocycles. The van der Waals surface area contributed by atoms with Crippen LogP contribution in [0, 0.1) is 11.6 Å². The lowest BCUT2D eigenvalue weighted by molar-refractivity contribution is 0.629. The molecule has 5 aromatic carbocycles. The van der Waals surface area contributed by atoms with Crippen molar-refractivity contribution < 1.29 is 8.78 Å². The van der Waals surface area contributed by atoms with Crippen LogP contribution in [0.25, 0.3) is 43.1 Å². The molecule has 0 saturated heterocycles. The van der Waals surface area contributed by atoms with Crippen molar-refractivity contribution in [2.24, 2.45) is 0 Å². The van der Waals surface area contributed by atoms with Crippen LogP contribution in [0.3, 0.4) is 0 Å². The Kier molecular flexibility index (Phi) is 2.35. The van der Waals surface area contributed by atoms with Gasteiger partial charge in [0.05, 0.1) is 0 Å². The molecule has 0 atom stereocenters. The largest absolute Gasteiger partial charge is 0.289 e. The molecule has 0 radical (unpaired) electrons. The molecule has 0 aliphatic rings. The predicted octanol–water partition coefficient (Wildman–Crippen LogP) is 4.17. The maximum Gasteiger partial charge on any atom is 0.194 e. The zero-order chi connectivity index (χ0) is 16.6. The fraction of sp³-hybridized carbons (Fsp3) is 0. The Hall–Kier alpha value is -3.14. The van der Waals surface area contributed by atoms with E-state index >= 15 is 0 Å². The molecule has 0 amide bonds. The lowest BCUT2D eigenvalue weighted by Gasteiger charge is -1.95. The maximum atomic E-state index is 13.4. The minimum absolute atomic E-state index is 0.294. The van der Waals surface area contributed by atoms with E-state index in [-0.39, 0.29) is 10.9 Å². The first-order chi connectivity index (χ1) is 11.5. The van der Waals surface area contributed by atoms with E-state index in [2.05, 4.69) is 0 Å². The lowest BCUT2D eigenvalue weighted by Crippen LogP contribution is -1.97. The van der Waals surface area contributed by atoms with Crippen LogP contribution in [0.2, 0.25) is 0 Å². The highest BCUT2D eigenvalue weighted by Gasteiger charge is 2.16. The second kappa shape index (κ2) is 4.23. The molecular weight excluding hydrogens is 310 g/mol. The monoisotopic (exact) mass is 318 g/mol. The van der Waals surface area contributed by atoms with Gasteiger partial charge in [-0.15, -0.1) is 0 Å². The molecule has 0 spiro atoms.